The molecule has 6 heteroatoms. The van der Waals surface area contributed by atoms with Gasteiger partial charge in [-0.05, 0) is 53.9 Å². The third-order valence-electron chi connectivity index (χ3n) is 5.19. The second-order valence-electron chi connectivity index (χ2n) is 8.05. The molecule has 0 fully saturated rings. The molecule has 0 bridgehead atoms. The highest BCUT2D eigenvalue weighted by Gasteiger charge is 2.28. The highest BCUT2D eigenvalue weighted by atomic mass is 16.3. The van der Waals surface area contributed by atoms with Crippen LogP contribution in [0.25, 0.3) is 0 Å². The molecule has 1 atom stereocenters. The van der Waals surface area contributed by atoms with Crippen molar-refractivity contribution in [3.05, 3.63) is 34.4 Å². The Hall–Kier alpha value is -1.66. The maximum atomic E-state index is 9.17. The number of aryl methyl sites for hydroxylation is 1. The molecule has 2 heterocycles. The van der Waals surface area contributed by atoms with Crippen LogP contribution in [0.5, 0.6) is 0 Å². The van der Waals surface area contributed by atoms with Crippen LogP contribution in [0, 0.1) is 13.8 Å². The number of rotatable bonds is 5. The Labute approximate surface area is 150 Å². The molecular formula is C19H31N5O. The molecule has 1 unspecified atom stereocenters. The third kappa shape index (κ3) is 3.51. The van der Waals surface area contributed by atoms with Crippen molar-refractivity contribution in [2.45, 2.75) is 78.6 Å². The van der Waals surface area contributed by atoms with E-state index >= 15 is 0 Å². The molecular weight excluding hydrogens is 314 g/mol. The summed E-state index contributed by atoms with van der Waals surface area (Å²) in [5.41, 5.74) is 6.16. The fraction of sp³-hybridized carbons (Fsp3) is 0.684. The molecule has 0 spiro atoms. The van der Waals surface area contributed by atoms with Crippen molar-refractivity contribution >= 4 is 0 Å². The predicted molar refractivity (Wildman–Crippen MR) is 98.5 cm³/mol. The van der Waals surface area contributed by atoms with Crippen molar-refractivity contribution < 1.29 is 5.11 Å². The smallest absolute Gasteiger partial charge is 0.0644 e. The summed E-state index contributed by atoms with van der Waals surface area (Å²) in [7, 11) is 0. The lowest BCUT2D eigenvalue weighted by molar-refractivity contribution is 0.267. The molecule has 0 radical (unpaired) electrons. The van der Waals surface area contributed by atoms with Crippen LogP contribution in [0.3, 0.4) is 0 Å². The minimum atomic E-state index is 0.0219. The fourth-order valence-corrected chi connectivity index (χ4v) is 3.87. The normalized spacial score (nSPS) is 17.8. The van der Waals surface area contributed by atoms with E-state index in [1.165, 1.54) is 23.2 Å². The van der Waals surface area contributed by atoms with Gasteiger partial charge >= 0.3 is 0 Å². The fourth-order valence-electron chi connectivity index (χ4n) is 3.87. The largest absolute Gasteiger partial charge is 0.394 e. The minimum absolute atomic E-state index is 0.0219. The highest BCUT2D eigenvalue weighted by molar-refractivity contribution is 5.28. The van der Waals surface area contributed by atoms with Gasteiger partial charge in [0.25, 0.3) is 0 Å². The summed E-state index contributed by atoms with van der Waals surface area (Å²) < 4.78 is 4.09. The standard InChI is InChI=1S/C19H31N5O/c1-13-15(14(2)23(22-13)9-10-25)11-20-17-7-6-8-18-16(17)12-21-24(18)19(3,4)5/h12,17,20,25H,6-11H2,1-5H3. The average molecular weight is 345 g/mol. The number of aromatic nitrogens is 4. The van der Waals surface area contributed by atoms with Crippen LogP contribution in [0.1, 0.15) is 67.9 Å². The van der Waals surface area contributed by atoms with Gasteiger partial charge in [0, 0.05) is 35.1 Å². The van der Waals surface area contributed by atoms with Gasteiger partial charge in [-0.3, -0.25) is 9.36 Å². The monoisotopic (exact) mass is 345 g/mol. The summed E-state index contributed by atoms with van der Waals surface area (Å²) in [5.74, 6) is 0. The summed E-state index contributed by atoms with van der Waals surface area (Å²) in [6.45, 7) is 12.2. The molecule has 0 aromatic carbocycles. The summed E-state index contributed by atoms with van der Waals surface area (Å²) >= 11 is 0. The second kappa shape index (κ2) is 6.92. The third-order valence-corrected chi connectivity index (χ3v) is 5.19. The Morgan fingerprint density at radius 3 is 2.76 bits per heavy atom. The number of hydrogen-bond acceptors (Lipinski definition) is 4. The van der Waals surface area contributed by atoms with Crippen LogP contribution in [0.15, 0.2) is 6.20 Å². The van der Waals surface area contributed by atoms with Crippen molar-refractivity contribution in [2.75, 3.05) is 6.61 Å². The lowest BCUT2D eigenvalue weighted by atomic mass is 9.92. The Bertz CT molecular complexity index is 738. The molecule has 1 aliphatic carbocycles. The van der Waals surface area contributed by atoms with Crippen LogP contribution in [0.4, 0.5) is 0 Å². The SMILES string of the molecule is Cc1nn(CCO)c(C)c1CNC1CCCc2c1cnn2C(C)(C)C. The van der Waals surface area contributed by atoms with Crippen LogP contribution in [-0.2, 0) is 25.0 Å². The minimum Gasteiger partial charge on any atom is -0.394 e. The molecule has 3 rings (SSSR count). The van der Waals surface area contributed by atoms with Crippen LogP contribution < -0.4 is 5.32 Å². The van der Waals surface area contributed by atoms with E-state index in [4.69, 9.17) is 5.11 Å². The van der Waals surface area contributed by atoms with Crippen LogP contribution in [0.2, 0.25) is 0 Å². The summed E-state index contributed by atoms with van der Waals surface area (Å²) in [5, 5.41) is 22.1. The Morgan fingerprint density at radius 2 is 2.08 bits per heavy atom. The molecule has 25 heavy (non-hydrogen) atoms. The Kier molecular flexibility index (Phi) is 5.02. The van der Waals surface area contributed by atoms with Gasteiger partial charge in [-0.1, -0.05) is 0 Å². The molecule has 0 amide bonds. The van der Waals surface area contributed by atoms with Crippen molar-refractivity contribution in [1.29, 1.82) is 0 Å². The number of nitrogens with one attached hydrogen (secondary N) is 1. The molecule has 6 nitrogen and oxygen atoms in total. The van der Waals surface area contributed by atoms with E-state index in [0.29, 0.717) is 12.6 Å². The quantitative estimate of drug-likeness (QED) is 0.874. The lowest BCUT2D eigenvalue weighted by Gasteiger charge is -2.28. The zero-order chi connectivity index (χ0) is 18.2. The molecule has 0 saturated heterocycles. The van der Waals surface area contributed by atoms with Crippen LogP contribution >= 0.6 is 0 Å². The summed E-state index contributed by atoms with van der Waals surface area (Å²) in [6.07, 6.45) is 5.49. The molecule has 2 aromatic heterocycles. The van der Waals surface area contributed by atoms with E-state index in [9.17, 15) is 0 Å². The summed E-state index contributed by atoms with van der Waals surface area (Å²) in [4.78, 5) is 0. The molecule has 2 aromatic rings. The lowest BCUT2D eigenvalue weighted by Crippen LogP contribution is -2.29. The molecule has 138 valence electrons. The number of fused-ring (bicyclic) bond motifs is 1. The van der Waals surface area contributed by atoms with Crippen molar-refractivity contribution in [3.8, 4) is 0 Å². The van der Waals surface area contributed by atoms with Crippen LogP contribution in [-0.4, -0.2) is 31.3 Å². The van der Waals surface area contributed by atoms with Gasteiger partial charge in [0.15, 0.2) is 0 Å². The van der Waals surface area contributed by atoms with E-state index in [1.54, 1.807) is 0 Å². The van der Waals surface area contributed by atoms with Gasteiger partial charge in [-0.25, -0.2) is 0 Å². The topological polar surface area (TPSA) is 67.9 Å². The van der Waals surface area contributed by atoms with Gasteiger partial charge in [0.05, 0.1) is 30.6 Å². The van der Waals surface area contributed by atoms with E-state index in [1.807, 2.05) is 17.8 Å². The first-order valence-electron chi connectivity index (χ1n) is 9.27. The zero-order valence-corrected chi connectivity index (χ0v) is 16.1. The van der Waals surface area contributed by atoms with Gasteiger partial charge in [-0.15, -0.1) is 0 Å². The van der Waals surface area contributed by atoms with Crippen molar-refractivity contribution in [2.24, 2.45) is 0 Å². The van der Waals surface area contributed by atoms with Gasteiger partial charge in [-0.2, -0.15) is 10.2 Å². The van der Waals surface area contributed by atoms with Crippen molar-refractivity contribution in [3.63, 3.8) is 0 Å². The van der Waals surface area contributed by atoms with Gasteiger partial charge < -0.3 is 10.4 Å². The number of hydrogen-bond donors (Lipinski definition) is 2. The molecule has 2 N–H and O–H groups in total. The van der Waals surface area contributed by atoms with Gasteiger partial charge in [0.1, 0.15) is 0 Å². The number of nitrogens with zero attached hydrogens (tertiary/aromatic N) is 4. The average Bonchev–Trinajstić information content (AvgIpc) is 3.09. The second-order valence-corrected chi connectivity index (χ2v) is 8.05. The zero-order valence-electron chi connectivity index (χ0n) is 16.1. The molecule has 0 aliphatic heterocycles. The predicted octanol–water partition coefficient (Wildman–Crippen LogP) is 2.61. The van der Waals surface area contributed by atoms with E-state index < -0.39 is 0 Å². The maximum absolute atomic E-state index is 9.17. The first kappa shape index (κ1) is 18.1. The summed E-state index contributed by atoms with van der Waals surface area (Å²) in [6, 6.07) is 0.347. The molecule has 0 saturated carbocycles. The van der Waals surface area contributed by atoms with E-state index in [2.05, 4.69) is 47.9 Å². The van der Waals surface area contributed by atoms with Crippen molar-refractivity contribution in [1.82, 2.24) is 24.9 Å². The Balaban J connectivity index is 1.77. The van der Waals surface area contributed by atoms with Gasteiger partial charge in [0.2, 0.25) is 0 Å². The Morgan fingerprint density at radius 1 is 1.32 bits per heavy atom. The van der Waals surface area contributed by atoms with E-state index in [0.717, 1.165) is 30.8 Å². The van der Waals surface area contributed by atoms with E-state index in [-0.39, 0.29) is 12.1 Å². The highest BCUT2D eigenvalue weighted by Crippen LogP contribution is 2.32. The molecule has 1 aliphatic rings. The number of aliphatic hydroxyl groups is 1. The first-order chi connectivity index (χ1) is 11.8. The number of aliphatic hydroxyl groups excluding tert-OH is 1. The maximum Gasteiger partial charge on any atom is 0.0644 e. The first-order valence-corrected chi connectivity index (χ1v) is 9.27.